The average molecular weight is 271 g/mol. The highest BCUT2D eigenvalue weighted by Crippen LogP contribution is 2.13. The van der Waals surface area contributed by atoms with E-state index in [0.717, 1.165) is 18.7 Å². The summed E-state index contributed by atoms with van der Waals surface area (Å²) < 4.78 is 0. The Morgan fingerprint density at radius 2 is 2.11 bits per heavy atom. The van der Waals surface area contributed by atoms with Crippen LogP contribution in [0, 0.1) is 11.8 Å². The van der Waals surface area contributed by atoms with Crippen LogP contribution in [0.1, 0.15) is 16.0 Å². The summed E-state index contributed by atoms with van der Waals surface area (Å²) in [6.07, 6.45) is 0. The van der Waals surface area contributed by atoms with Gasteiger partial charge in [0.15, 0.2) is 0 Å². The predicted molar refractivity (Wildman–Crippen MR) is 79.9 cm³/mol. The summed E-state index contributed by atoms with van der Waals surface area (Å²) in [7, 11) is 2.12. The van der Waals surface area contributed by atoms with Gasteiger partial charge in [0, 0.05) is 23.5 Å². The van der Waals surface area contributed by atoms with Crippen molar-refractivity contribution >= 4 is 11.3 Å². The van der Waals surface area contributed by atoms with Gasteiger partial charge < -0.3 is 5.11 Å². The first-order chi connectivity index (χ1) is 9.28. The van der Waals surface area contributed by atoms with Gasteiger partial charge in [0.05, 0.1) is 0 Å². The fourth-order valence-electron chi connectivity index (χ4n) is 1.93. The minimum atomic E-state index is -0.0947. The summed E-state index contributed by atoms with van der Waals surface area (Å²) in [4.78, 5) is 3.66. The highest BCUT2D eigenvalue weighted by Gasteiger charge is 2.02. The van der Waals surface area contributed by atoms with E-state index in [2.05, 4.69) is 53.4 Å². The summed E-state index contributed by atoms with van der Waals surface area (Å²) in [5.41, 5.74) is 2.19. The number of aliphatic hydroxyl groups excluding tert-OH is 1. The van der Waals surface area contributed by atoms with E-state index in [0.29, 0.717) is 0 Å². The topological polar surface area (TPSA) is 23.5 Å². The molecular weight excluding hydrogens is 254 g/mol. The minimum absolute atomic E-state index is 0.0947. The maximum absolute atomic E-state index is 8.71. The number of hydrogen-bond acceptors (Lipinski definition) is 3. The van der Waals surface area contributed by atoms with Crippen LogP contribution in [-0.2, 0) is 13.1 Å². The van der Waals surface area contributed by atoms with Crippen molar-refractivity contribution < 1.29 is 5.11 Å². The number of thiophene rings is 1. The van der Waals surface area contributed by atoms with Crippen molar-refractivity contribution in [1.82, 2.24) is 4.90 Å². The molecule has 19 heavy (non-hydrogen) atoms. The second-order valence-electron chi connectivity index (χ2n) is 4.41. The first kappa shape index (κ1) is 13.8. The molecule has 0 amide bonds. The van der Waals surface area contributed by atoms with E-state index in [1.165, 1.54) is 10.4 Å². The van der Waals surface area contributed by atoms with Crippen LogP contribution in [0.3, 0.4) is 0 Å². The van der Waals surface area contributed by atoms with Gasteiger partial charge in [-0.25, -0.2) is 0 Å². The van der Waals surface area contributed by atoms with Crippen molar-refractivity contribution in [1.29, 1.82) is 0 Å². The van der Waals surface area contributed by atoms with Crippen LogP contribution in [0.15, 0.2) is 41.8 Å². The zero-order valence-corrected chi connectivity index (χ0v) is 11.8. The molecular formula is C16H17NOS. The molecule has 0 unspecified atom stereocenters. The maximum atomic E-state index is 8.71. The Kier molecular flexibility index (Phi) is 5.17. The third-order valence-corrected chi connectivity index (χ3v) is 3.56. The zero-order chi connectivity index (χ0) is 13.5. The highest BCUT2D eigenvalue weighted by molar-refractivity contribution is 7.09. The number of benzene rings is 1. The lowest BCUT2D eigenvalue weighted by Crippen LogP contribution is -2.16. The summed E-state index contributed by atoms with van der Waals surface area (Å²) in [6.45, 7) is 1.76. The molecule has 1 aromatic heterocycles. The van der Waals surface area contributed by atoms with Gasteiger partial charge >= 0.3 is 0 Å². The van der Waals surface area contributed by atoms with E-state index < -0.39 is 0 Å². The van der Waals surface area contributed by atoms with Gasteiger partial charge in [0.2, 0.25) is 0 Å². The SMILES string of the molecule is CN(Cc1cccc(C#CCO)c1)Cc1cccs1. The lowest BCUT2D eigenvalue weighted by atomic mass is 10.1. The van der Waals surface area contributed by atoms with Crippen LogP contribution in [0.5, 0.6) is 0 Å². The standard InChI is InChI=1S/C16H17NOS/c1-17(13-16-8-4-10-19-16)12-15-6-2-5-14(11-15)7-3-9-18/h2,4-6,8,10-11,18H,9,12-13H2,1H3. The van der Waals surface area contributed by atoms with Crippen LogP contribution in [0.2, 0.25) is 0 Å². The highest BCUT2D eigenvalue weighted by atomic mass is 32.1. The van der Waals surface area contributed by atoms with Crippen molar-refractivity contribution in [3.05, 3.63) is 57.8 Å². The van der Waals surface area contributed by atoms with Crippen LogP contribution in [-0.4, -0.2) is 23.7 Å². The van der Waals surface area contributed by atoms with Gasteiger partial charge in [-0.05, 0) is 36.2 Å². The second kappa shape index (κ2) is 7.10. The summed E-state index contributed by atoms with van der Waals surface area (Å²) in [5.74, 6) is 5.61. The Hall–Kier alpha value is -1.60. The molecule has 1 aromatic carbocycles. The number of rotatable bonds is 4. The molecule has 0 atom stereocenters. The molecule has 0 saturated carbocycles. The lowest BCUT2D eigenvalue weighted by Gasteiger charge is -2.15. The van der Waals surface area contributed by atoms with E-state index in [9.17, 15) is 0 Å². The first-order valence-electron chi connectivity index (χ1n) is 6.17. The quantitative estimate of drug-likeness (QED) is 0.864. The molecule has 2 aromatic rings. The van der Waals surface area contributed by atoms with Gasteiger partial charge in [0.25, 0.3) is 0 Å². The largest absolute Gasteiger partial charge is 0.384 e. The summed E-state index contributed by atoms with van der Waals surface area (Å²) in [5, 5.41) is 10.8. The van der Waals surface area contributed by atoms with Crippen molar-refractivity contribution in [2.45, 2.75) is 13.1 Å². The van der Waals surface area contributed by atoms with Gasteiger partial charge in [-0.2, -0.15) is 0 Å². The molecule has 3 heteroatoms. The monoisotopic (exact) mass is 271 g/mol. The minimum Gasteiger partial charge on any atom is -0.384 e. The lowest BCUT2D eigenvalue weighted by molar-refractivity contribution is 0.322. The molecule has 0 radical (unpaired) electrons. The molecule has 0 aliphatic heterocycles. The Balaban J connectivity index is 1.98. The molecule has 0 spiro atoms. The first-order valence-corrected chi connectivity index (χ1v) is 7.05. The Morgan fingerprint density at radius 1 is 1.21 bits per heavy atom. The van der Waals surface area contributed by atoms with E-state index in [-0.39, 0.29) is 6.61 Å². The molecule has 98 valence electrons. The van der Waals surface area contributed by atoms with Crippen molar-refractivity contribution in [3.63, 3.8) is 0 Å². The number of aliphatic hydroxyl groups is 1. The van der Waals surface area contributed by atoms with Crippen LogP contribution in [0.25, 0.3) is 0 Å². The summed E-state index contributed by atoms with van der Waals surface area (Å²) in [6, 6.07) is 12.4. The molecule has 2 nitrogen and oxygen atoms in total. The van der Waals surface area contributed by atoms with Crippen molar-refractivity contribution in [2.75, 3.05) is 13.7 Å². The van der Waals surface area contributed by atoms with E-state index in [1.54, 1.807) is 11.3 Å². The Morgan fingerprint density at radius 3 is 2.84 bits per heavy atom. The molecule has 1 heterocycles. The predicted octanol–water partition coefficient (Wildman–Crippen LogP) is 2.72. The molecule has 1 N–H and O–H groups in total. The van der Waals surface area contributed by atoms with Crippen molar-refractivity contribution in [2.24, 2.45) is 0 Å². The van der Waals surface area contributed by atoms with E-state index in [4.69, 9.17) is 5.11 Å². The van der Waals surface area contributed by atoms with Crippen LogP contribution >= 0.6 is 11.3 Å². The van der Waals surface area contributed by atoms with Crippen LogP contribution < -0.4 is 0 Å². The number of nitrogens with zero attached hydrogens (tertiary/aromatic N) is 1. The van der Waals surface area contributed by atoms with E-state index in [1.807, 2.05) is 12.1 Å². The molecule has 0 aliphatic carbocycles. The average Bonchev–Trinajstić information content (AvgIpc) is 2.89. The van der Waals surface area contributed by atoms with Gasteiger partial charge in [0.1, 0.15) is 6.61 Å². The molecule has 0 aliphatic rings. The Labute approximate surface area is 118 Å². The smallest absolute Gasteiger partial charge is 0.104 e. The number of hydrogen-bond donors (Lipinski definition) is 1. The van der Waals surface area contributed by atoms with Gasteiger partial charge in [-0.15, -0.1) is 11.3 Å². The molecule has 0 saturated heterocycles. The summed E-state index contributed by atoms with van der Waals surface area (Å²) >= 11 is 1.78. The van der Waals surface area contributed by atoms with Crippen molar-refractivity contribution in [3.8, 4) is 11.8 Å². The third-order valence-electron chi connectivity index (χ3n) is 2.70. The molecule has 0 bridgehead atoms. The normalized spacial score (nSPS) is 10.3. The fraction of sp³-hybridized carbons (Fsp3) is 0.250. The Bertz CT molecular complexity index is 566. The maximum Gasteiger partial charge on any atom is 0.104 e. The molecule has 0 fully saturated rings. The second-order valence-corrected chi connectivity index (χ2v) is 5.44. The molecule has 2 rings (SSSR count). The zero-order valence-electron chi connectivity index (χ0n) is 11.0. The van der Waals surface area contributed by atoms with Gasteiger partial charge in [-0.1, -0.05) is 30.0 Å². The fourth-order valence-corrected chi connectivity index (χ4v) is 2.71. The van der Waals surface area contributed by atoms with Crippen LogP contribution in [0.4, 0.5) is 0 Å². The van der Waals surface area contributed by atoms with E-state index >= 15 is 0 Å². The third kappa shape index (κ3) is 4.53. The van der Waals surface area contributed by atoms with Gasteiger partial charge in [-0.3, -0.25) is 4.90 Å².